The van der Waals surface area contributed by atoms with Crippen molar-refractivity contribution in [2.24, 2.45) is 0 Å². The first kappa shape index (κ1) is 21.8. The highest BCUT2D eigenvalue weighted by atomic mass is 35.5. The zero-order chi connectivity index (χ0) is 21.2. The number of rotatable bonds is 5. The maximum absolute atomic E-state index is 13.0. The predicted octanol–water partition coefficient (Wildman–Crippen LogP) is 4.20. The van der Waals surface area contributed by atoms with E-state index in [0.717, 1.165) is 16.6 Å². The van der Waals surface area contributed by atoms with E-state index in [4.69, 9.17) is 11.6 Å². The molecule has 10 heteroatoms. The number of nitro groups is 1. The zero-order valence-electron chi connectivity index (χ0n) is 16.2. The van der Waals surface area contributed by atoms with Crippen LogP contribution in [0, 0.1) is 24.0 Å². The summed E-state index contributed by atoms with van der Waals surface area (Å²) >= 11 is 7.45. The number of amides is 2. The molecule has 0 unspecified atom stereocenters. The number of hydrogen-bond donors (Lipinski definition) is 1. The fourth-order valence-corrected chi connectivity index (χ4v) is 3.47. The van der Waals surface area contributed by atoms with Crippen LogP contribution in [-0.2, 0) is 4.79 Å². The Labute approximate surface area is 171 Å². The van der Waals surface area contributed by atoms with Crippen molar-refractivity contribution in [1.82, 2.24) is 9.88 Å². The van der Waals surface area contributed by atoms with Gasteiger partial charge in [0, 0.05) is 22.5 Å². The van der Waals surface area contributed by atoms with Crippen molar-refractivity contribution in [3.8, 4) is 0 Å². The van der Waals surface area contributed by atoms with E-state index in [9.17, 15) is 19.7 Å². The molecule has 2 aromatic rings. The average molecular weight is 425 g/mol. The maximum Gasteiger partial charge on any atom is 0.270 e. The van der Waals surface area contributed by atoms with Crippen LogP contribution in [0.1, 0.15) is 41.7 Å². The third-order valence-electron chi connectivity index (χ3n) is 4.03. The number of benzene rings is 1. The summed E-state index contributed by atoms with van der Waals surface area (Å²) in [5.41, 5.74) is 0.0302. The molecule has 8 nitrogen and oxygen atoms in total. The molecule has 0 aliphatic heterocycles. The van der Waals surface area contributed by atoms with Gasteiger partial charge in [-0.15, -0.1) is 11.3 Å². The first-order chi connectivity index (χ1) is 12.9. The van der Waals surface area contributed by atoms with Crippen LogP contribution in [0.2, 0.25) is 5.02 Å². The number of aryl methyl sites for hydroxylation is 2. The lowest BCUT2D eigenvalue weighted by molar-refractivity contribution is -0.384. The minimum absolute atomic E-state index is 0.0416. The Morgan fingerprint density at radius 1 is 1.32 bits per heavy atom. The topological polar surface area (TPSA) is 105 Å². The van der Waals surface area contributed by atoms with E-state index in [1.807, 2.05) is 13.8 Å². The molecule has 0 bridgehead atoms. The van der Waals surface area contributed by atoms with Gasteiger partial charge in [-0.2, -0.15) is 0 Å². The van der Waals surface area contributed by atoms with Gasteiger partial charge in [-0.05, 0) is 40.7 Å². The molecule has 150 valence electrons. The van der Waals surface area contributed by atoms with Gasteiger partial charge in [0.05, 0.1) is 21.2 Å². The van der Waals surface area contributed by atoms with Crippen LogP contribution in [0.3, 0.4) is 0 Å². The molecule has 0 fully saturated rings. The summed E-state index contributed by atoms with van der Waals surface area (Å²) in [7, 11) is 0. The van der Waals surface area contributed by atoms with E-state index in [1.165, 1.54) is 28.4 Å². The molecule has 0 aliphatic rings. The first-order valence-corrected chi connectivity index (χ1v) is 9.59. The van der Waals surface area contributed by atoms with Gasteiger partial charge >= 0.3 is 0 Å². The van der Waals surface area contributed by atoms with Crippen molar-refractivity contribution in [1.29, 1.82) is 0 Å². The monoisotopic (exact) mass is 424 g/mol. The van der Waals surface area contributed by atoms with E-state index < -0.39 is 22.3 Å². The molecule has 0 aliphatic carbocycles. The molecule has 2 amide bonds. The van der Waals surface area contributed by atoms with Gasteiger partial charge < -0.3 is 10.2 Å². The summed E-state index contributed by atoms with van der Waals surface area (Å²) < 4.78 is 0. The lowest BCUT2D eigenvalue weighted by atomic mass is 10.0. The summed E-state index contributed by atoms with van der Waals surface area (Å²) in [6.45, 7) is 8.90. The van der Waals surface area contributed by atoms with E-state index in [2.05, 4.69) is 10.3 Å². The van der Waals surface area contributed by atoms with Gasteiger partial charge in [0.25, 0.3) is 11.6 Å². The van der Waals surface area contributed by atoms with E-state index in [1.54, 1.807) is 20.8 Å². The predicted molar refractivity (Wildman–Crippen MR) is 109 cm³/mol. The molecule has 1 aromatic heterocycles. The molecule has 0 spiro atoms. The van der Waals surface area contributed by atoms with Crippen LogP contribution in [0.4, 0.5) is 10.8 Å². The van der Waals surface area contributed by atoms with Crippen molar-refractivity contribution in [3.05, 3.63) is 49.5 Å². The lowest BCUT2D eigenvalue weighted by Gasteiger charge is -2.35. The summed E-state index contributed by atoms with van der Waals surface area (Å²) in [6.07, 6.45) is 0. The van der Waals surface area contributed by atoms with E-state index in [0.29, 0.717) is 5.13 Å². The summed E-state index contributed by atoms with van der Waals surface area (Å²) in [5, 5.41) is 14.0. The highest BCUT2D eigenvalue weighted by Gasteiger charge is 2.31. The number of hydrogen-bond acceptors (Lipinski definition) is 6. The minimum atomic E-state index is -0.686. The van der Waals surface area contributed by atoms with Crippen molar-refractivity contribution in [2.45, 2.75) is 40.2 Å². The molecule has 1 heterocycles. The Balaban J connectivity index is 2.24. The zero-order valence-corrected chi connectivity index (χ0v) is 17.8. The standard InChI is InChI=1S/C18H21ClN4O4S/c1-10-11(2)28-17(20-10)21-15(24)9-22(18(3,4)5)16(25)13-7-6-12(23(26)27)8-14(13)19/h6-8H,9H2,1-5H3,(H,20,21,24). The normalized spacial score (nSPS) is 11.2. The second-order valence-corrected chi connectivity index (χ2v) is 8.80. The number of aromatic nitrogens is 1. The number of nitrogens with zero attached hydrogens (tertiary/aromatic N) is 3. The van der Waals surface area contributed by atoms with Crippen molar-refractivity contribution < 1.29 is 14.5 Å². The second kappa shape index (κ2) is 8.24. The number of nitrogens with one attached hydrogen (secondary N) is 1. The number of anilines is 1. The van der Waals surface area contributed by atoms with E-state index >= 15 is 0 Å². The van der Waals surface area contributed by atoms with Crippen LogP contribution in [-0.4, -0.2) is 38.7 Å². The molecule has 0 saturated heterocycles. The number of non-ortho nitro benzene ring substituents is 1. The van der Waals surface area contributed by atoms with Gasteiger partial charge in [-0.1, -0.05) is 11.6 Å². The largest absolute Gasteiger partial charge is 0.324 e. The van der Waals surface area contributed by atoms with E-state index in [-0.39, 0.29) is 22.8 Å². The van der Waals surface area contributed by atoms with Crippen molar-refractivity contribution >= 4 is 45.6 Å². The van der Waals surface area contributed by atoms with Crippen LogP contribution < -0.4 is 5.32 Å². The molecular weight excluding hydrogens is 404 g/mol. The molecule has 1 N–H and O–H groups in total. The van der Waals surface area contributed by atoms with Crippen molar-refractivity contribution in [2.75, 3.05) is 11.9 Å². The second-order valence-electron chi connectivity index (χ2n) is 7.19. The smallest absolute Gasteiger partial charge is 0.270 e. The van der Waals surface area contributed by atoms with Crippen LogP contribution >= 0.6 is 22.9 Å². The molecule has 2 rings (SSSR count). The molecule has 28 heavy (non-hydrogen) atoms. The number of halogens is 1. The molecular formula is C18H21ClN4O4S. The quantitative estimate of drug-likeness (QED) is 0.571. The van der Waals surface area contributed by atoms with Gasteiger partial charge in [0.15, 0.2) is 5.13 Å². The van der Waals surface area contributed by atoms with Crippen LogP contribution in [0.15, 0.2) is 18.2 Å². The summed E-state index contributed by atoms with van der Waals surface area (Å²) in [5.74, 6) is -0.885. The Morgan fingerprint density at radius 3 is 2.43 bits per heavy atom. The Hall–Kier alpha value is -2.52. The number of thiazole rings is 1. The first-order valence-electron chi connectivity index (χ1n) is 8.40. The van der Waals surface area contributed by atoms with Crippen LogP contribution in [0.25, 0.3) is 0 Å². The number of carbonyl (C=O) groups excluding carboxylic acids is 2. The van der Waals surface area contributed by atoms with Crippen LogP contribution in [0.5, 0.6) is 0 Å². The van der Waals surface area contributed by atoms with Gasteiger partial charge in [-0.25, -0.2) is 4.98 Å². The lowest BCUT2D eigenvalue weighted by Crippen LogP contribution is -2.49. The SMILES string of the molecule is Cc1nc(NC(=O)CN(C(=O)c2ccc([N+](=O)[O-])cc2Cl)C(C)(C)C)sc1C. The Morgan fingerprint density at radius 2 is 1.96 bits per heavy atom. The fourth-order valence-electron chi connectivity index (χ4n) is 2.38. The highest BCUT2D eigenvalue weighted by Crippen LogP contribution is 2.26. The molecule has 0 atom stereocenters. The number of nitro benzene ring substituents is 1. The molecule has 1 aromatic carbocycles. The average Bonchev–Trinajstić information content (AvgIpc) is 2.88. The third kappa shape index (κ3) is 5.05. The third-order valence-corrected chi connectivity index (χ3v) is 5.33. The summed E-state index contributed by atoms with van der Waals surface area (Å²) in [4.78, 5) is 42.4. The number of carbonyl (C=O) groups is 2. The molecule has 0 radical (unpaired) electrons. The highest BCUT2D eigenvalue weighted by molar-refractivity contribution is 7.15. The Bertz CT molecular complexity index is 917. The summed E-state index contributed by atoms with van der Waals surface area (Å²) in [6, 6.07) is 3.63. The minimum Gasteiger partial charge on any atom is -0.324 e. The van der Waals surface area contributed by atoms with Gasteiger partial charge in [-0.3, -0.25) is 19.7 Å². The molecule has 0 saturated carbocycles. The maximum atomic E-state index is 13.0. The van der Waals surface area contributed by atoms with Crippen molar-refractivity contribution in [3.63, 3.8) is 0 Å². The van der Waals surface area contributed by atoms with Gasteiger partial charge in [0.2, 0.25) is 5.91 Å². The fraction of sp³-hybridized carbons (Fsp3) is 0.389. The Kier molecular flexibility index (Phi) is 6.41. The van der Waals surface area contributed by atoms with Gasteiger partial charge in [0.1, 0.15) is 6.54 Å².